The summed E-state index contributed by atoms with van der Waals surface area (Å²) in [5, 5.41) is 0. The second-order valence-corrected chi connectivity index (χ2v) is 8.14. The average Bonchev–Trinajstić information content (AvgIpc) is 2.80. The standard InChI is InChI=1S/C14H24N2O4S/c1-2-16(13-6-8-21(19,20)11-13)14(18)9-15-7-4-3-5-12(15)10-17/h10,12-13H,2-9,11H2,1H3. The summed E-state index contributed by atoms with van der Waals surface area (Å²) in [5.74, 6) is 0.180. The third-order valence-corrected chi connectivity index (χ3v) is 6.22. The summed E-state index contributed by atoms with van der Waals surface area (Å²) in [6.45, 7) is 3.36. The summed E-state index contributed by atoms with van der Waals surface area (Å²) in [7, 11) is -3.00. The molecule has 0 aliphatic carbocycles. The SMILES string of the molecule is CCN(C(=O)CN1CCCCC1C=O)C1CCS(=O)(=O)C1. The zero-order valence-corrected chi connectivity index (χ0v) is 13.3. The van der Waals surface area contributed by atoms with Gasteiger partial charge in [0.15, 0.2) is 9.84 Å². The number of piperidine rings is 1. The van der Waals surface area contributed by atoms with Gasteiger partial charge in [-0.2, -0.15) is 0 Å². The Balaban J connectivity index is 1.98. The summed E-state index contributed by atoms with van der Waals surface area (Å²) in [4.78, 5) is 27.2. The minimum atomic E-state index is -3.00. The van der Waals surface area contributed by atoms with E-state index in [1.54, 1.807) is 4.90 Å². The molecule has 0 N–H and O–H groups in total. The quantitative estimate of drug-likeness (QED) is 0.671. The number of hydrogen-bond acceptors (Lipinski definition) is 5. The van der Waals surface area contributed by atoms with Gasteiger partial charge in [-0.15, -0.1) is 0 Å². The molecule has 2 heterocycles. The lowest BCUT2D eigenvalue weighted by Crippen LogP contribution is -2.50. The van der Waals surface area contributed by atoms with Crippen LogP contribution in [-0.4, -0.2) is 73.6 Å². The molecule has 0 saturated carbocycles. The van der Waals surface area contributed by atoms with Crippen LogP contribution in [0.1, 0.15) is 32.6 Å². The molecule has 1 amide bonds. The molecule has 6 nitrogen and oxygen atoms in total. The molecule has 2 aliphatic heterocycles. The molecule has 2 aliphatic rings. The fourth-order valence-electron chi connectivity index (χ4n) is 3.29. The average molecular weight is 316 g/mol. The van der Waals surface area contributed by atoms with Gasteiger partial charge in [0.1, 0.15) is 6.29 Å². The van der Waals surface area contributed by atoms with Crippen molar-refractivity contribution in [2.75, 3.05) is 31.1 Å². The Bertz CT molecular complexity index is 491. The Kier molecular flexibility index (Phi) is 5.37. The fourth-order valence-corrected chi connectivity index (χ4v) is 5.02. The number of likely N-dealkylation sites (N-methyl/N-ethyl adjacent to an activating group) is 1. The van der Waals surface area contributed by atoms with Crippen LogP contribution in [0, 0.1) is 0 Å². The molecule has 2 saturated heterocycles. The van der Waals surface area contributed by atoms with Crippen molar-refractivity contribution in [2.45, 2.75) is 44.7 Å². The van der Waals surface area contributed by atoms with Gasteiger partial charge in [0.25, 0.3) is 0 Å². The second kappa shape index (κ2) is 6.87. The van der Waals surface area contributed by atoms with E-state index in [9.17, 15) is 18.0 Å². The van der Waals surface area contributed by atoms with Gasteiger partial charge in [-0.1, -0.05) is 6.42 Å². The maximum Gasteiger partial charge on any atom is 0.237 e. The number of aldehydes is 1. The van der Waals surface area contributed by atoms with Gasteiger partial charge >= 0.3 is 0 Å². The highest BCUT2D eigenvalue weighted by Gasteiger charge is 2.35. The molecule has 0 aromatic carbocycles. The first-order valence-corrected chi connectivity index (χ1v) is 9.48. The molecule has 7 heteroatoms. The van der Waals surface area contributed by atoms with Crippen LogP contribution in [0.4, 0.5) is 0 Å². The van der Waals surface area contributed by atoms with Crippen LogP contribution in [0.5, 0.6) is 0 Å². The highest BCUT2D eigenvalue weighted by molar-refractivity contribution is 7.91. The van der Waals surface area contributed by atoms with Crippen LogP contribution < -0.4 is 0 Å². The highest BCUT2D eigenvalue weighted by atomic mass is 32.2. The number of likely N-dealkylation sites (tertiary alicyclic amines) is 1. The first-order chi connectivity index (χ1) is 9.96. The zero-order chi connectivity index (χ0) is 15.5. The summed E-state index contributed by atoms with van der Waals surface area (Å²) in [6.07, 6.45) is 4.27. The number of carbonyl (C=O) groups is 2. The molecule has 2 rings (SSSR count). The molecule has 0 aromatic heterocycles. The minimum absolute atomic E-state index is 0.0617. The van der Waals surface area contributed by atoms with Crippen LogP contribution in [0.2, 0.25) is 0 Å². The van der Waals surface area contributed by atoms with Crippen LogP contribution in [-0.2, 0) is 19.4 Å². The van der Waals surface area contributed by atoms with Crippen molar-refractivity contribution < 1.29 is 18.0 Å². The third-order valence-electron chi connectivity index (χ3n) is 4.47. The Hall–Kier alpha value is -0.950. The van der Waals surface area contributed by atoms with Crippen LogP contribution in [0.3, 0.4) is 0 Å². The smallest absolute Gasteiger partial charge is 0.237 e. The molecular weight excluding hydrogens is 292 g/mol. The van der Waals surface area contributed by atoms with E-state index < -0.39 is 9.84 Å². The topological polar surface area (TPSA) is 74.8 Å². The Morgan fingerprint density at radius 3 is 2.67 bits per heavy atom. The van der Waals surface area contributed by atoms with E-state index in [0.29, 0.717) is 13.0 Å². The number of rotatable bonds is 5. The van der Waals surface area contributed by atoms with Crippen LogP contribution in [0.15, 0.2) is 0 Å². The monoisotopic (exact) mass is 316 g/mol. The number of hydrogen-bond donors (Lipinski definition) is 0. The van der Waals surface area contributed by atoms with Crippen molar-refractivity contribution in [3.8, 4) is 0 Å². The Morgan fingerprint density at radius 2 is 2.10 bits per heavy atom. The van der Waals surface area contributed by atoms with Crippen molar-refractivity contribution in [3.63, 3.8) is 0 Å². The van der Waals surface area contributed by atoms with E-state index in [2.05, 4.69) is 0 Å². The van der Waals surface area contributed by atoms with E-state index in [-0.39, 0.29) is 36.0 Å². The van der Waals surface area contributed by atoms with Gasteiger partial charge < -0.3 is 9.69 Å². The van der Waals surface area contributed by atoms with Gasteiger partial charge in [-0.05, 0) is 32.7 Å². The van der Waals surface area contributed by atoms with Crippen LogP contribution in [0.25, 0.3) is 0 Å². The maximum atomic E-state index is 12.5. The molecule has 0 radical (unpaired) electrons. The number of carbonyl (C=O) groups excluding carboxylic acids is 2. The van der Waals surface area contributed by atoms with E-state index in [1.165, 1.54) is 0 Å². The second-order valence-electron chi connectivity index (χ2n) is 5.91. The number of amides is 1. The first-order valence-electron chi connectivity index (χ1n) is 7.66. The molecule has 2 atom stereocenters. The predicted octanol–water partition coefficient (Wildman–Crippen LogP) is 0.0754. The molecular formula is C14H24N2O4S. The van der Waals surface area contributed by atoms with Gasteiger partial charge in [-0.3, -0.25) is 9.69 Å². The number of nitrogens with zero attached hydrogens (tertiary/aromatic N) is 2. The predicted molar refractivity (Wildman–Crippen MR) is 79.7 cm³/mol. The van der Waals surface area contributed by atoms with Crippen molar-refractivity contribution in [1.29, 1.82) is 0 Å². The Labute approximate surface area is 126 Å². The van der Waals surface area contributed by atoms with Crippen molar-refractivity contribution >= 4 is 22.0 Å². The van der Waals surface area contributed by atoms with Crippen molar-refractivity contribution in [3.05, 3.63) is 0 Å². The van der Waals surface area contributed by atoms with E-state index in [1.807, 2.05) is 11.8 Å². The maximum absolute atomic E-state index is 12.5. The van der Waals surface area contributed by atoms with E-state index in [0.717, 1.165) is 32.1 Å². The van der Waals surface area contributed by atoms with E-state index in [4.69, 9.17) is 0 Å². The normalized spacial score (nSPS) is 29.2. The Morgan fingerprint density at radius 1 is 1.33 bits per heavy atom. The first kappa shape index (κ1) is 16.4. The molecule has 2 unspecified atom stereocenters. The molecule has 21 heavy (non-hydrogen) atoms. The fraction of sp³-hybridized carbons (Fsp3) is 0.857. The van der Waals surface area contributed by atoms with Gasteiger partial charge in [0.05, 0.1) is 24.1 Å². The lowest BCUT2D eigenvalue weighted by atomic mass is 10.0. The zero-order valence-electron chi connectivity index (χ0n) is 12.5. The lowest BCUT2D eigenvalue weighted by molar-refractivity contribution is -0.135. The summed E-state index contributed by atoms with van der Waals surface area (Å²) < 4.78 is 23.2. The summed E-state index contributed by atoms with van der Waals surface area (Å²) in [5.41, 5.74) is 0. The van der Waals surface area contributed by atoms with E-state index >= 15 is 0 Å². The molecule has 2 fully saturated rings. The minimum Gasteiger partial charge on any atom is -0.338 e. The molecule has 0 spiro atoms. The largest absolute Gasteiger partial charge is 0.338 e. The summed E-state index contributed by atoms with van der Waals surface area (Å²) in [6, 6.07) is -0.374. The highest BCUT2D eigenvalue weighted by Crippen LogP contribution is 2.20. The number of sulfone groups is 1. The van der Waals surface area contributed by atoms with Crippen LogP contribution >= 0.6 is 0 Å². The van der Waals surface area contributed by atoms with Gasteiger partial charge in [-0.25, -0.2) is 8.42 Å². The molecule has 0 aromatic rings. The molecule has 120 valence electrons. The lowest BCUT2D eigenvalue weighted by Gasteiger charge is -2.34. The summed E-state index contributed by atoms with van der Waals surface area (Å²) >= 11 is 0. The van der Waals surface area contributed by atoms with Gasteiger partial charge in [0, 0.05) is 12.6 Å². The third kappa shape index (κ3) is 4.03. The van der Waals surface area contributed by atoms with Gasteiger partial charge in [0.2, 0.25) is 5.91 Å². The van der Waals surface area contributed by atoms with Crippen molar-refractivity contribution in [2.24, 2.45) is 0 Å². The molecule has 0 bridgehead atoms. The van der Waals surface area contributed by atoms with Crippen molar-refractivity contribution in [1.82, 2.24) is 9.80 Å².